The minimum absolute atomic E-state index is 0.0952. The van der Waals surface area contributed by atoms with Crippen molar-refractivity contribution >= 4 is 32.5 Å². The van der Waals surface area contributed by atoms with Gasteiger partial charge in [0.25, 0.3) is 10.0 Å². The van der Waals surface area contributed by atoms with Crippen LogP contribution in [0.1, 0.15) is 0 Å². The molecule has 2 aromatic carbocycles. The van der Waals surface area contributed by atoms with Gasteiger partial charge in [0.15, 0.2) is 0 Å². The lowest BCUT2D eigenvalue weighted by Gasteiger charge is -2.12. The summed E-state index contributed by atoms with van der Waals surface area (Å²) in [5, 5.41) is 10.9. The first-order valence-corrected chi connectivity index (χ1v) is 9.55. The van der Waals surface area contributed by atoms with Gasteiger partial charge in [0.05, 0.1) is 17.4 Å². The van der Waals surface area contributed by atoms with Crippen LogP contribution in [0.15, 0.2) is 78.0 Å². The molecule has 0 radical (unpaired) electrons. The molecule has 0 spiro atoms. The highest BCUT2D eigenvalue weighted by Gasteiger charge is 2.24. The number of rotatable bonds is 3. The quantitative estimate of drug-likeness (QED) is 0.571. The maximum absolute atomic E-state index is 13.3. The molecule has 0 aliphatic carbocycles. The van der Waals surface area contributed by atoms with Crippen molar-refractivity contribution in [1.82, 2.24) is 8.96 Å². The van der Waals surface area contributed by atoms with Gasteiger partial charge >= 0.3 is 0 Å². The molecule has 0 amide bonds. The van der Waals surface area contributed by atoms with Gasteiger partial charge < -0.3 is 5.11 Å². The van der Waals surface area contributed by atoms with Crippen molar-refractivity contribution < 1.29 is 13.5 Å². The molecule has 0 unspecified atom stereocenters. The average Bonchev–Trinajstić information content (AvgIpc) is 3.01. The Morgan fingerprint density at radius 3 is 2.46 bits per heavy atom. The molecule has 0 fully saturated rings. The number of hydrogen-bond donors (Lipinski definition) is 1. The fraction of sp³-hybridized carbons (Fsp3) is 0. The highest BCUT2D eigenvalue weighted by atomic mass is 35.5. The molecule has 26 heavy (non-hydrogen) atoms. The van der Waals surface area contributed by atoms with Crippen molar-refractivity contribution in [3.8, 4) is 17.0 Å². The zero-order chi connectivity index (χ0) is 18.3. The van der Waals surface area contributed by atoms with E-state index in [1.165, 1.54) is 22.4 Å². The van der Waals surface area contributed by atoms with Crippen LogP contribution >= 0.6 is 11.6 Å². The van der Waals surface area contributed by atoms with Gasteiger partial charge in [-0.05, 0) is 29.8 Å². The van der Waals surface area contributed by atoms with Crippen LogP contribution in [0.3, 0.4) is 0 Å². The second-order valence-corrected chi connectivity index (χ2v) is 7.97. The van der Waals surface area contributed by atoms with Crippen molar-refractivity contribution in [2.45, 2.75) is 4.90 Å². The first-order valence-electron chi connectivity index (χ1n) is 7.73. The van der Waals surface area contributed by atoms with Crippen molar-refractivity contribution in [1.29, 1.82) is 0 Å². The van der Waals surface area contributed by atoms with E-state index in [0.717, 1.165) is 5.56 Å². The summed E-state index contributed by atoms with van der Waals surface area (Å²) in [6.45, 7) is 0. The number of nitrogens with zero attached hydrogens (tertiary/aromatic N) is 2. The van der Waals surface area contributed by atoms with Crippen LogP contribution < -0.4 is 0 Å². The van der Waals surface area contributed by atoms with E-state index in [9.17, 15) is 13.5 Å². The second kappa shape index (κ2) is 6.16. The summed E-state index contributed by atoms with van der Waals surface area (Å²) in [6.07, 6.45) is 2.40. The molecule has 130 valence electrons. The summed E-state index contributed by atoms with van der Waals surface area (Å²) in [4.78, 5) is 3.70. The Labute approximate surface area is 155 Å². The van der Waals surface area contributed by atoms with Crippen LogP contribution in [-0.2, 0) is 10.0 Å². The van der Waals surface area contributed by atoms with Crippen LogP contribution in [0, 0.1) is 0 Å². The molecule has 0 atom stereocenters. The Bertz CT molecular complexity index is 1220. The molecule has 0 saturated heterocycles. The highest BCUT2D eigenvalue weighted by Crippen LogP contribution is 2.33. The number of halogens is 1. The lowest BCUT2D eigenvalue weighted by Crippen LogP contribution is -2.14. The van der Waals surface area contributed by atoms with Crippen molar-refractivity contribution in [2.24, 2.45) is 0 Å². The topological polar surface area (TPSA) is 72.2 Å². The number of fused-ring (bicyclic) bond motifs is 1. The predicted octanol–water partition coefficient (Wildman–Crippen LogP) is 4.30. The Balaban J connectivity index is 2.08. The molecule has 0 aliphatic rings. The van der Waals surface area contributed by atoms with Gasteiger partial charge in [0, 0.05) is 22.7 Å². The van der Waals surface area contributed by atoms with E-state index in [-0.39, 0.29) is 10.6 Å². The van der Waals surface area contributed by atoms with E-state index in [1.807, 2.05) is 30.3 Å². The number of aromatic nitrogens is 2. The van der Waals surface area contributed by atoms with Gasteiger partial charge in [-0.25, -0.2) is 12.4 Å². The second-order valence-electron chi connectivity index (χ2n) is 5.75. The lowest BCUT2D eigenvalue weighted by atomic mass is 10.1. The Kier molecular flexibility index (Phi) is 3.94. The lowest BCUT2D eigenvalue weighted by molar-refractivity contribution is 0.470. The molecule has 7 heteroatoms. The third kappa shape index (κ3) is 2.73. The molecule has 4 aromatic rings. The Hall–Kier alpha value is -2.83. The van der Waals surface area contributed by atoms with Gasteiger partial charge in [-0.1, -0.05) is 41.9 Å². The van der Waals surface area contributed by atoms with Gasteiger partial charge in [-0.2, -0.15) is 0 Å². The normalized spacial score (nSPS) is 11.7. The molecule has 4 rings (SSSR count). The molecular formula is C19H13ClN2O3S. The predicted molar refractivity (Wildman–Crippen MR) is 101 cm³/mol. The summed E-state index contributed by atoms with van der Waals surface area (Å²) < 4.78 is 27.9. The minimum atomic E-state index is -3.99. The van der Waals surface area contributed by atoms with Gasteiger partial charge in [-0.15, -0.1) is 0 Å². The van der Waals surface area contributed by atoms with E-state index in [2.05, 4.69) is 4.98 Å². The molecule has 2 aromatic heterocycles. The van der Waals surface area contributed by atoms with Crippen LogP contribution in [0.2, 0.25) is 5.02 Å². The Morgan fingerprint density at radius 1 is 0.962 bits per heavy atom. The summed E-state index contributed by atoms with van der Waals surface area (Å²) in [6, 6.07) is 17.2. The number of aromatic hydroxyl groups is 1. The average molecular weight is 385 g/mol. The minimum Gasteiger partial charge on any atom is -0.506 e. The van der Waals surface area contributed by atoms with E-state index in [4.69, 9.17) is 11.6 Å². The fourth-order valence-electron chi connectivity index (χ4n) is 2.88. The summed E-state index contributed by atoms with van der Waals surface area (Å²) >= 11 is 6.08. The summed E-state index contributed by atoms with van der Waals surface area (Å²) in [5.41, 5.74) is 1.75. The molecule has 5 nitrogen and oxygen atoms in total. The maximum Gasteiger partial charge on any atom is 0.270 e. The first kappa shape index (κ1) is 16.6. The van der Waals surface area contributed by atoms with Gasteiger partial charge in [-0.3, -0.25) is 4.98 Å². The smallest absolute Gasteiger partial charge is 0.270 e. The van der Waals surface area contributed by atoms with Crippen LogP contribution in [0.5, 0.6) is 5.75 Å². The Morgan fingerprint density at radius 2 is 1.73 bits per heavy atom. The van der Waals surface area contributed by atoms with E-state index in [1.54, 1.807) is 24.3 Å². The molecular weight excluding hydrogens is 372 g/mol. The number of pyridine rings is 1. The number of hydrogen-bond acceptors (Lipinski definition) is 4. The standard InChI is InChI=1S/C19H13ClN2O3S/c20-15-6-7-18-14(8-15)9-19(13-4-2-1-3-5-13)22(18)26(24,25)17-10-16(23)11-21-12-17/h1-12,23H. The van der Waals surface area contributed by atoms with Crippen LogP contribution in [-0.4, -0.2) is 22.5 Å². The molecule has 0 bridgehead atoms. The van der Waals surface area contributed by atoms with Gasteiger partial charge in [0.1, 0.15) is 10.6 Å². The van der Waals surface area contributed by atoms with Gasteiger partial charge in [0.2, 0.25) is 0 Å². The first-order chi connectivity index (χ1) is 12.5. The zero-order valence-electron chi connectivity index (χ0n) is 13.4. The van der Waals surface area contributed by atoms with E-state index >= 15 is 0 Å². The van der Waals surface area contributed by atoms with Crippen LogP contribution in [0.4, 0.5) is 0 Å². The highest BCUT2D eigenvalue weighted by molar-refractivity contribution is 7.90. The SMILES string of the molecule is O=S(=O)(c1cncc(O)c1)n1c(-c2ccccc2)cc2cc(Cl)ccc21. The molecule has 0 aliphatic heterocycles. The van der Waals surface area contributed by atoms with Crippen molar-refractivity contribution in [2.75, 3.05) is 0 Å². The van der Waals surface area contributed by atoms with E-state index in [0.29, 0.717) is 21.6 Å². The molecule has 0 saturated carbocycles. The molecule has 1 N–H and O–H groups in total. The summed E-state index contributed by atoms with van der Waals surface area (Å²) in [7, 11) is -3.99. The maximum atomic E-state index is 13.3. The zero-order valence-corrected chi connectivity index (χ0v) is 14.9. The largest absolute Gasteiger partial charge is 0.506 e. The third-order valence-electron chi connectivity index (χ3n) is 4.03. The summed E-state index contributed by atoms with van der Waals surface area (Å²) in [5.74, 6) is -0.216. The third-order valence-corrected chi connectivity index (χ3v) is 5.95. The monoisotopic (exact) mass is 384 g/mol. The number of benzene rings is 2. The van der Waals surface area contributed by atoms with Crippen LogP contribution in [0.25, 0.3) is 22.2 Å². The van der Waals surface area contributed by atoms with E-state index < -0.39 is 10.0 Å². The molecule has 2 heterocycles. The van der Waals surface area contributed by atoms with Crippen molar-refractivity contribution in [3.63, 3.8) is 0 Å². The fourth-order valence-corrected chi connectivity index (χ4v) is 4.58. The van der Waals surface area contributed by atoms with Crippen molar-refractivity contribution in [3.05, 3.63) is 78.1 Å².